The van der Waals surface area contributed by atoms with Crippen molar-refractivity contribution >= 4 is 23.3 Å². The van der Waals surface area contributed by atoms with Gasteiger partial charge in [0, 0.05) is 0 Å². The third-order valence-corrected chi connectivity index (χ3v) is 6.86. The molecule has 0 aromatic heterocycles. The summed E-state index contributed by atoms with van der Waals surface area (Å²) in [6.45, 7) is 0. The van der Waals surface area contributed by atoms with Crippen LogP contribution in [0, 0.1) is 0 Å². The monoisotopic (exact) mass is 574 g/mol. The summed E-state index contributed by atoms with van der Waals surface area (Å²) in [4.78, 5) is 25.9. The molecule has 6 nitrogen and oxygen atoms in total. The number of carbonyl (C=O) groups is 2. The first-order valence-corrected chi connectivity index (χ1v) is 14.0. The summed E-state index contributed by atoms with van der Waals surface area (Å²) in [5, 5.41) is 8.64. The molecule has 0 saturated heterocycles. The highest BCUT2D eigenvalue weighted by molar-refractivity contribution is 5.93. The van der Waals surface area contributed by atoms with E-state index in [-0.39, 0.29) is 11.5 Å². The van der Waals surface area contributed by atoms with Crippen LogP contribution in [0.25, 0.3) is 22.3 Å². The standard InChI is InChI=1S/C38H26N2O4/c41-37(31-23-19-29(20-24-31)27-11-3-1-4-12-27)43-35-17-9-7-15-33(35)39-40-34-16-8-10-18-36(34)44-38(42)32-25-21-30(22-26-32)28-13-5-2-6-14-28/h1-26H. The van der Waals surface area contributed by atoms with Gasteiger partial charge in [-0.2, -0.15) is 0 Å². The number of esters is 2. The van der Waals surface area contributed by atoms with Gasteiger partial charge in [-0.25, -0.2) is 9.59 Å². The van der Waals surface area contributed by atoms with Gasteiger partial charge < -0.3 is 9.47 Å². The Labute approximate surface area is 254 Å². The van der Waals surface area contributed by atoms with E-state index in [2.05, 4.69) is 10.2 Å². The number of carbonyl (C=O) groups excluding carboxylic acids is 2. The number of hydrogen-bond acceptors (Lipinski definition) is 6. The van der Waals surface area contributed by atoms with Gasteiger partial charge in [-0.3, -0.25) is 0 Å². The molecular formula is C38H26N2O4. The maximum absolute atomic E-state index is 12.9. The molecule has 0 spiro atoms. The topological polar surface area (TPSA) is 77.3 Å². The van der Waals surface area contributed by atoms with Gasteiger partial charge in [0.2, 0.25) is 0 Å². The molecule has 6 rings (SSSR count). The van der Waals surface area contributed by atoms with Gasteiger partial charge in [-0.1, -0.05) is 109 Å². The molecule has 0 aliphatic carbocycles. The number of hydrogen-bond donors (Lipinski definition) is 0. The zero-order chi connectivity index (χ0) is 30.1. The molecule has 0 heterocycles. The lowest BCUT2D eigenvalue weighted by Gasteiger charge is -2.09. The molecule has 0 aliphatic rings. The maximum Gasteiger partial charge on any atom is 0.343 e. The Morgan fingerprint density at radius 3 is 1.07 bits per heavy atom. The minimum Gasteiger partial charge on any atom is -0.421 e. The summed E-state index contributed by atoms with van der Waals surface area (Å²) in [7, 11) is 0. The van der Waals surface area contributed by atoms with Crippen molar-refractivity contribution in [2.75, 3.05) is 0 Å². The van der Waals surface area contributed by atoms with Crippen LogP contribution < -0.4 is 9.47 Å². The van der Waals surface area contributed by atoms with E-state index in [9.17, 15) is 9.59 Å². The molecule has 6 aromatic carbocycles. The number of nitrogens with zero attached hydrogens (tertiary/aromatic N) is 2. The fourth-order valence-electron chi connectivity index (χ4n) is 4.54. The lowest BCUT2D eigenvalue weighted by Crippen LogP contribution is -2.08. The fourth-order valence-corrected chi connectivity index (χ4v) is 4.54. The summed E-state index contributed by atoms with van der Waals surface area (Å²) in [6.07, 6.45) is 0. The van der Waals surface area contributed by atoms with Crippen molar-refractivity contribution in [2.45, 2.75) is 0 Å². The van der Waals surface area contributed by atoms with Gasteiger partial charge in [0.25, 0.3) is 0 Å². The van der Waals surface area contributed by atoms with Crippen LogP contribution in [0.2, 0.25) is 0 Å². The molecular weight excluding hydrogens is 548 g/mol. The predicted molar refractivity (Wildman–Crippen MR) is 171 cm³/mol. The number of azo groups is 1. The van der Waals surface area contributed by atoms with E-state index in [0.717, 1.165) is 22.3 Å². The van der Waals surface area contributed by atoms with Crippen LogP contribution >= 0.6 is 0 Å². The van der Waals surface area contributed by atoms with Gasteiger partial charge in [0.05, 0.1) is 11.1 Å². The lowest BCUT2D eigenvalue weighted by atomic mass is 10.0. The second-order valence-corrected chi connectivity index (χ2v) is 9.80. The maximum atomic E-state index is 12.9. The molecule has 44 heavy (non-hydrogen) atoms. The second kappa shape index (κ2) is 13.2. The molecule has 212 valence electrons. The first-order chi connectivity index (χ1) is 21.6. The highest BCUT2D eigenvalue weighted by Crippen LogP contribution is 2.33. The zero-order valence-electron chi connectivity index (χ0n) is 23.5. The number of benzene rings is 6. The van der Waals surface area contributed by atoms with E-state index in [1.54, 1.807) is 72.8 Å². The molecule has 0 atom stereocenters. The molecule has 0 aliphatic heterocycles. The molecule has 0 radical (unpaired) electrons. The van der Waals surface area contributed by atoms with Crippen LogP contribution in [-0.4, -0.2) is 11.9 Å². The van der Waals surface area contributed by atoms with Crippen molar-refractivity contribution < 1.29 is 19.1 Å². The van der Waals surface area contributed by atoms with E-state index in [1.165, 1.54) is 0 Å². The Balaban J connectivity index is 1.15. The molecule has 6 heteroatoms. The average molecular weight is 575 g/mol. The first kappa shape index (κ1) is 28.0. The minimum absolute atomic E-state index is 0.251. The van der Waals surface area contributed by atoms with Crippen molar-refractivity contribution in [1.29, 1.82) is 0 Å². The van der Waals surface area contributed by atoms with Crippen LogP contribution in [-0.2, 0) is 0 Å². The third kappa shape index (κ3) is 6.66. The second-order valence-electron chi connectivity index (χ2n) is 9.80. The summed E-state index contributed by atoms with van der Waals surface area (Å²) in [6, 6.07) is 48.0. The highest BCUT2D eigenvalue weighted by atomic mass is 16.5. The molecule has 0 N–H and O–H groups in total. The molecule has 0 unspecified atom stereocenters. The smallest absolute Gasteiger partial charge is 0.343 e. The van der Waals surface area contributed by atoms with Crippen molar-refractivity contribution in [2.24, 2.45) is 10.2 Å². The van der Waals surface area contributed by atoms with E-state index in [0.29, 0.717) is 22.5 Å². The summed E-state index contributed by atoms with van der Waals surface area (Å²) >= 11 is 0. The van der Waals surface area contributed by atoms with Crippen LogP contribution in [0.15, 0.2) is 168 Å². The largest absolute Gasteiger partial charge is 0.421 e. The van der Waals surface area contributed by atoms with Gasteiger partial charge >= 0.3 is 11.9 Å². The molecule has 0 amide bonds. The van der Waals surface area contributed by atoms with Gasteiger partial charge in [0.1, 0.15) is 11.4 Å². The Morgan fingerprint density at radius 2 is 0.682 bits per heavy atom. The zero-order valence-corrected chi connectivity index (χ0v) is 23.5. The van der Waals surface area contributed by atoms with Crippen molar-refractivity contribution in [1.82, 2.24) is 0 Å². The molecule has 0 saturated carbocycles. The number of para-hydroxylation sites is 2. The Bertz CT molecular complexity index is 1780. The normalized spacial score (nSPS) is 10.8. The summed E-state index contributed by atoms with van der Waals surface area (Å²) in [5.74, 6) is -0.525. The van der Waals surface area contributed by atoms with Crippen LogP contribution in [0.4, 0.5) is 11.4 Å². The molecule has 6 aromatic rings. The van der Waals surface area contributed by atoms with Crippen molar-refractivity contribution in [3.05, 3.63) is 169 Å². The van der Waals surface area contributed by atoms with E-state index < -0.39 is 11.9 Å². The Morgan fingerprint density at radius 1 is 0.364 bits per heavy atom. The predicted octanol–water partition coefficient (Wildman–Crippen LogP) is 9.87. The van der Waals surface area contributed by atoms with Crippen molar-refractivity contribution in [3.8, 4) is 33.8 Å². The van der Waals surface area contributed by atoms with Gasteiger partial charge in [0.15, 0.2) is 11.5 Å². The first-order valence-electron chi connectivity index (χ1n) is 14.0. The van der Waals surface area contributed by atoms with Gasteiger partial charge in [-0.15, -0.1) is 10.2 Å². The minimum atomic E-state index is -0.514. The summed E-state index contributed by atoms with van der Waals surface area (Å²) < 4.78 is 11.4. The van der Waals surface area contributed by atoms with E-state index in [1.807, 2.05) is 84.9 Å². The molecule has 0 fully saturated rings. The van der Waals surface area contributed by atoms with Crippen LogP contribution in [0.3, 0.4) is 0 Å². The highest BCUT2D eigenvalue weighted by Gasteiger charge is 2.14. The number of ether oxygens (including phenoxy) is 2. The summed E-state index contributed by atoms with van der Waals surface area (Å²) in [5.41, 5.74) is 5.63. The Hall–Kier alpha value is -6.14. The lowest BCUT2D eigenvalue weighted by molar-refractivity contribution is 0.0725. The van der Waals surface area contributed by atoms with Gasteiger partial charge in [-0.05, 0) is 70.8 Å². The van der Waals surface area contributed by atoms with Crippen molar-refractivity contribution in [3.63, 3.8) is 0 Å². The molecule has 0 bridgehead atoms. The quantitative estimate of drug-likeness (QED) is 0.103. The van der Waals surface area contributed by atoms with E-state index in [4.69, 9.17) is 9.47 Å². The average Bonchev–Trinajstić information content (AvgIpc) is 3.09. The fraction of sp³-hybridized carbons (Fsp3) is 0. The Kier molecular flexibility index (Phi) is 8.42. The van der Waals surface area contributed by atoms with Crippen LogP contribution in [0.1, 0.15) is 20.7 Å². The van der Waals surface area contributed by atoms with E-state index >= 15 is 0 Å². The van der Waals surface area contributed by atoms with Crippen LogP contribution in [0.5, 0.6) is 11.5 Å². The number of rotatable bonds is 8. The SMILES string of the molecule is O=C(Oc1ccccc1N=Nc1ccccc1OC(=O)c1ccc(-c2ccccc2)cc1)c1ccc(-c2ccccc2)cc1. The third-order valence-electron chi connectivity index (χ3n) is 6.86.